The van der Waals surface area contributed by atoms with Gasteiger partial charge in [0.05, 0.1) is 4.32 Å². The number of rotatable bonds is 6. The number of ketones is 3. The Morgan fingerprint density at radius 1 is 0.828 bits per heavy atom. The van der Waals surface area contributed by atoms with E-state index in [9.17, 15) is 14.4 Å². The topological polar surface area (TPSA) is 51.2 Å². The molecule has 0 aromatic rings. The molecule has 0 aliphatic carbocycles. The molecule has 29 heavy (non-hydrogen) atoms. The maximum Gasteiger partial charge on any atom is 0.160 e. The number of alkyl halides is 2. The monoisotopic (exact) mass is 763 g/mol. The van der Waals surface area contributed by atoms with Crippen LogP contribution in [0.5, 0.6) is 0 Å². The quantitative estimate of drug-likeness (QED) is 0.179. The van der Waals surface area contributed by atoms with Crippen LogP contribution in [0.2, 0.25) is 0 Å². The van der Waals surface area contributed by atoms with Crippen molar-refractivity contribution in [1.82, 2.24) is 0 Å². The standard InChI is InChI=1S/C7H13BrO.C7H14O.C7H12O.CH3Br.BH.U/c1-5(2)6(9)7(3,4)8;2*1-5(2)7(8)6(3)4;1-2;;/h5H,1-4H3;5-6H,1-4H3;6H,1H2,2-4H3;1H3;1H;/i;;;;1D;. The Kier molecular flexibility index (Phi) is 32.6. The van der Waals surface area contributed by atoms with Gasteiger partial charge < -0.3 is 0 Å². The zero-order valence-corrected chi connectivity index (χ0v) is 27.9. The maximum absolute atomic E-state index is 11.1. The van der Waals surface area contributed by atoms with Crippen molar-refractivity contribution in [2.75, 3.05) is 5.83 Å². The van der Waals surface area contributed by atoms with Crippen LogP contribution in [-0.4, -0.2) is 37.2 Å². The first kappa shape index (κ1) is 40.2. The Morgan fingerprint density at radius 3 is 1.10 bits per heavy atom. The van der Waals surface area contributed by atoms with E-state index in [1.165, 1.54) is 0 Å². The van der Waals surface area contributed by atoms with Gasteiger partial charge in [-0.15, -0.1) is 0 Å². The van der Waals surface area contributed by atoms with Gasteiger partial charge in [0, 0.05) is 63.2 Å². The minimum atomic E-state index is -0.346. The Balaban J connectivity index is -0.0000000653. The average molecular weight is 765 g/mol. The molecule has 170 valence electrons. The summed E-state index contributed by atoms with van der Waals surface area (Å²) in [5, 5.41) is 0. The molecule has 0 spiro atoms. The van der Waals surface area contributed by atoms with Gasteiger partial charge in [0.1, 0.15) is 5.78 Å². The second-order valence-corrected chi connectivity index (χ2v) is 9.98. The Morgan fingerprint density at radius 2 is 1.10 bits per heavy atom. The fraction of sp³-hybridized carbons (Fsp3) is 0.773. The summed E-state index contributed by atoms with van der Waals surface area (Å²) in [6.45, 7) is 24.3. The number of carbonyl (C=O) groups is 3. The van der Waals surface area contributed by atoms with Crippen molar-refractivity contribution in [2.45, 2.75) is 80.5 Å². The molecular weight excluding hydrogens is 721 g/mol. The van der Waals surface area contributed by atoms with Crippen molar-refractivity contribution in [3.8, 4) is 0 Å². The minimum absolute atomic E-state index is 0. The molecule has 0 saturated heterocycles. The second kappa shape index (κ2) is 23.5. The summed E-state index contributed by atoms with van der Waals surface area (Å²) in [5.41, 5.74) is 0.653. The normalized spacial score (nSPS) is 9.79. The molecule has 0 N–H and O–H groups in total. The van der Waals surface area contributed by atoms with E-state index >= 15 is 0 Å². The number of carbonyl (C=O) groups excluding carboxylic acids is 3. The van der Waals surface area contributed by atoms with Crippen LogP contribution in [-0.2, 0) is 14.4 Å². The predicted molar refractivity (Wildman–Crippen MR) is 134 cm³/mol. The summed E-state index contributed by atoms with van der Waals surface area (Å²) in [6, 6.07) is 0. The molecule has 0 unspecified atom stereocenters. The second-order valence-electron chi connectivity index (χ2n) is 8.00. The van der Waals surface area contributed by atoms with Crippen LogP contribution < -0.4 is 0 Å². The molecule has 3 nitrogen and oxygen atoms in total. The average Bonchev–Trinajstić information content (AvgIpc) is 2.62. The molecule has 2 radical (unpaired) electrons. The summed E-state index contributed by atoms with van der Waals surface area (Å²) in [5.74, 6) is 3.21. The van der Waals surface area contributed by atoms with Gasteiger partial charge in [0.25, 0.3) is 0 Å². The van der Waals surface area contributed by atoms with Gasteiger partial charge in [0.15, 0.2) is 11.6 Å². The Labute approximate surface area is 225 Å². The predicted octanol–water partition coefficient (Wildman–Crippen LogP) is 6.40. The summed E-state index contributed by atoms with van der Waals surface area (Å²) in [6.07, 6.45) is 0. The van der Waals surface area contributed by atoms with E-state index in [2.05, 4.69) is 46.8 Å². The van der Waals surface area contributed by atoms with Gasteiger partial charge in [-0.3, -0.25) is 14.4 Å². The number of allylic oxidation sites excluding steroid dienone is 1. The maximum atomic E-state index is 11.1. The first-order valence-corrected chi connectivity index (χ1v) is 11.7. The molecule has 0 heterocycles. The van der Waals surface area contributed by atoms with E-state index in [0.717, 1.165) is 0 Å². The molecular formula is C22H43BBr2O3U. The number of halogens is 2. The third-order valence-electron chi connectivity index (χ3n) is 3.19. The SMILES string of the molecule is C=C(C)C(=O)C(C)C.CBr.CC(C)C(=O)C(C)(C)Br.CC(C)C(=O)C(C)C.[2H][B].[U]. The number of hydrogen-bond acceptors (Lipinski definition) is 3. The van der Waals surface area contributed by atoms with Crippen LogP contribution in [0.4, 0.5) is 0 Å². The summed E-state index contributed by atoms with van der Waals surface area (Å²) >= 11 is 6.23. The van der Waals surface area contributed by atoms with Crippen LogP contribution in [0, 0.1) is 54.8 Å². The fourth-order valence-corrected chi connectivity index (χ4v) is 2.30. The smallest absolute Gasteiger partial charge is 0.160 e. The van der Waals surface area contributed by atoms with Crippen LogP contribution >= 0.6 is 31.9 Å². The molecule has 0 aromatic heterocycles. The van der Waals surface area contributed by atoms with Gasteiger partial charge in [-0.2, -0.15) is 0 Å². The van der Waals surface area contributed by atoms with Crippen molar-refractivity contribution in [1.29, 1.82) is 1.34 Å². The number of hydrogen-bond donors (Lipinski definition) is 0. The molecule has 7 heteroatoms. The summed E-state index contributed by atoms with van der Waals surface area (Å²) < 4.78 is 4.90. The van der Waals surface area contributed by atoms with Crippen molar-refractivity contribution < 1.29 is 45.5 Å². The first-order chi connectivity index (χ1) is 13.0. The Bertz CT molecular complexity index is 452. The van der Waals surface area contributed by atoms with Crippen LogP contribution in [0.25, 0.3) is 0 Å². The molecule has 0 amide bonds. The molecule has 0 atom stereocenters. The molecule has 0 fully saturated rings. The van der Waals surface area contributed by atoms with E-state index < -0.39 is 0 Å². The zero-order valence-electron chi connectivity index (χ0n) is 21.6. The third-order valence-corrected chi connectivity index (χ3v) is 3.58. The zero-order chi connectivity index (χ0) is 25.1. The first-order valence-electron chi connectivity index (χ1n) is 9.88. The van der Waals surface area contributed by atoms with E-state index in [1.54, 1.807) is 6.92 Å². The number of Topliss-reactive ketones (excluding diaryl/α,β-unsaturated/α-hetero) is 3. The minimum Gasteiger partial charge on any atom is -0.299 e. The van der Waals surface area contributed by atoms with Gasteiger partial charge in [0.2, 0.25) is 0 Å². The van der Waals surface area contributed by atoms with Gasteiger partial charge in [-0.25, -0.2) is 0 Å². The molecule has 0 rings (SSSR count). The van der Waals surface area contributed by atoms with Gasteiger partial charge in [-0.05, 0) is 33.5 Å². The van der Waals surface area contributed by atoms with Crippen molar-refractivity contribution in [3.05, 3.63) is 12.2 Å². The third kappa shape index (κ3) is 28.8. The van der Waals surface area contributed by atoms with Crippen LogP contribution in [0.15, 0.2) is 12.2 Å². The molecule has 0 aliphatic heterocycles. The van der Waals surface area contributed by atoms with E-state index in [1.807, 2.05) is 75.1 Å². The largest absolute Gasteiger partial charge is 0.299 e. The van der Waals surface area contributed by atoms with E-state index in [-0.39, 0.29) is 70.7 Å². The molecule has 0 aliphatic rings. The molecule has 0 bridgehead atoms. The fourth-order valence-electron chi connectivity index (χ4n) is 1.85. The van der Waals surface area contributed by atoms with E-state index in [0.29, 0.717) is 11.4 Å². The van der Waals surface area contributed by atoms with Gasteiger partial charge in [-0.1, -0.05) is 93.8 Å². The van der Waals surface area contributed by atoms with Crippen molar-refractivity contribution >= 4 is 57.6 Å². The van der Waals surface area contributed by atoms with Crippen LogP contribution in [0.3, 0.4) is 0 Å². The van der Waals surface area contributed by atoms with Gasteiger partial charge >= 0.3 is 0 Å². The van der Waals surface area contributed by atoms with Crippen molar-refractivity contribution in [3.63, 3.8) is 0 Å². The Hall–Kier alpha value is 0.827. The summed E-state index contributed by atoms with van der Waals surface area (Å²) in [4.78, 5) is 32.7. The summed E-state index contributed by atoms with van der Waals surface area (Å²) in [7, 11) is 3.75. The van der Waals surface area contributed by atoms with Crippen LogP contribution in [0.1, 0.15) is 76.2 Å². The van der Waals surface area contributed by atoms with E-state index in [4.69, 9.17) is 1.34 Å². The molecule has 0 aromatic carbocycles. The van der Waals surface area contributed by atoms with Crippen molar-refractivity contribution in [2.24, 2.45) is 23.7 Å². The molecule has 0 saturated carbocycles.